The van der Waals surface area contributed by atoms with Crippen molar-refractivity contribution in [1.29, 1.82) is 0 Å². The van der Waals surface area contributed by atoms with Gasteiger partial charge in [0.05, 0.1) is 12.0 Å². The molecule has 0 saturated carbocycles. The molecule has 10 heteroatoms. The molecule has 1 aliphatic rings. The van der Waals surface area contributed by atoms with Crippen LogP contribution in [0.15, 0.2) is 47.4 Å². The molecule has 9 nitrogen and oxygen atoms in total. The van der Waals surface area contributed by atoms with Gasteiger partial charge in [-0.3, -0.25) is 14.9 Å². The summed E-state index contributed by atoms with van der Waals surface area (Å²) in [5.41, 5.74) is 0.748. The van der Waals surface area contributed by atoms with E-state index in [0.29, 0.717) is 11.1 Å². The number of benzene rings is 2. The van der Waals surface area contributed by atoms with Crippen LogP contribution in [-0.4, -0.2) is 44.3 Å². The highest BCUT2D eigenvalue weighted by Crippen LogP contribution is 2.28. The van der Waals surface area contributed by atoms with E-state index in [1.165, 1.54) is 19.2 Å². The lowest BCUT2D eigenvalue weighted by molar-refractivity contribution is -0.385. The molecule has 30 heavy (non-hydrogen) atoms. The van der Waals surface area contributed by atoms with Crippen LogP contribution >= 0.6 is 0 Å². The quantitative estimate of drug-likeness (QED) is 0.530. The fraction of sp³-hybridized carbons (Fsp3) is 0.350. The van der Waals surface area contributed by atoms with Gasteiger partial charge >= 0.3 is 0 Å². The van der Waals surface area contributed by atoms with E-state index >= 15 is 0 Å². The molecule has 0 radical (unpaired) electrons. The van der Waals surface area contributed by atoms with E-state index in [1.807, 2.05) is 0 Å². The van der Waals surface area contributed by atoms with Crippen LogP contribution in [0.3, 0.4) is 0 Å². The van der Waals surface area contributed by atoms with Crippen molar-refractivity contribution in [2.75, 3.05) is 20.2 Å². The zero-order valence-corrected chi connectivity index (χ0v) is 17.4. The average molecular weight is 433 g/mol. The lowest BCUT2D eigenvalue weighted by Gasteiger charge is -2.26. The number of nitro benzene ring substituents is 1. The molecule has 2 aromatic rings. The normalized spacial score (nSPS) is 14.4. The SMILES string of the molecule is COc1ccc([N+](=O)[O-])cc1S(=O)(=O)NCc1cccc(C(=O)N2CCCCC2)c1. The molecule has 0 aliphatic carbocycles. The first kappa shape index (κ1) is 21.7. The Bertz CT molecular complexity index is 1050. The highest BCUT2D eigenvalue weighted by Gasteiger charge is 2.23. The van der Waals surface area contributed by atoms with Crippen LogP contribution in [0.2, 0.25) is 0 Å². The summed E-state index contributed by atoms with van der Waals surface area (Å²) in [7, 11) is -2.80. The van der Waals surface area contributed by atoms with Crippen molar-refractivity contribution in [3.63, 3.8) is 0 Å². The maximum atomic E-state index is 12.7. The summed E-state index contributed by atoms with van der Waals surface area (Å²) < 4.78 is 32.9. The van der Waals surface area contributed by atoms with E-state index in [2.05, 4.69) is 4.72 Å². The van der Waals surface area contributed by atoms with Crippen LogP contribution < -0.4 is 9.46 Å². The largest absolute Gasteiger partial charge is 0.495 e. The summed E-state index contributed by atoms with van der Waals surface area (Å²) in [4.78, 5) is 24.5. The highest BCUT2D eigenvalue weighted by atomic mass is 32.2. The molecule has 1 saturated heterocycles. The number of amides is 1. The Morgan fingerprint density at radius 2 is 1.90 bits per heavy atom. The Hall–Kier alpha value is -2.98. The summed E-state index contributed by atoms with van der Waals surface area (Å²) in [6, 6.07) is 10.1. The van der Waals surface area contributed by atoms with Crippen LogP contribution in [0.4, 0.5) is 5.69 Å². The van der Waals surface area contributed by atoms with Crippen molar-refractivity contribution in [1.82, 2.24) is 9.62 Å². The molecule has 1 fully saturated rings. The number of nitrogens with zero attached hydrogens (tertiary/aromatic N) is 2. The van der Waals surface area contributed by atoms with Crippen LogP contribution in [-0.2, 0) is 16.6 Å². The molecule has 1 heterocycles. The third kappa shape index (κ3) is 4.95. The molecule has 0 aromatic heterocycles. The van der Waals surface area contributed by atoms with E-state index < -0.39 is 14.9 Å². The van der Waals surface area contributed by atoms with Crippen LogP contribution in [0.5, 0.6) is 5.75 Å². The molecule has 1 aliphatic heterocycles. The number of hydrogen-bond acceptors (Lipinski definition) is 6. The van der Waals surface area contributed by atoms with Crippen molar-refractivity contribution >= 4 is 21.6 Å². The molecular formula is C20H23N3O6S. The van der Waals surface area contributed by atoms with Crippen molar-refractivity contribution in [3.05, 3.63) is 63.7 Å². The van der Waals surface area contributed by atoms with Gasteiger partial charge in [-0.05, 0) is 43.0 Å². The first-order valence-corrected chi connectivity index (χ1v) is 11.0. The molecule has 3 rings (SSSR count). The summed E-state index contributed by atoms with van der Waals surface area (Å²) in [5, 5.41) is 11.0. The number of nitrogens with one attached hydrogen (secondary N) is 1. The summed E-state index contributed by atoms with van der Waals surface area (Å²) >= 11 is 0. The Balaban J connectivity index is 1.77. The van der Waals surface area contributed by atoms with Gasteiger partial charge in [0.2, 0.25) is 10.0 Å². The number of ether oxygens (including phenoxy) is 1. The Labute approximate surface area is 174 Å². The molecule has 1 amide bonds. The Kier molecular flexibility index (Phi) is 6.68. The lowest BCUT2D eigenvalue weighted by atomic mass is 10.1. The number of carbonyl (C=O) groups excluding carboxylic acids is 1. The maximum Gasteiger partial charge on any atom is 0.271 e. The number of methoxy groups -OCH3 is 1. The maximum absolute atomic E-state index is 12.7. The third-order valence-electron chi connectivity index (χ3n) is 4.93. The first-order valence-electron chi connectivity index (χ1n) is 9.52. The molecule has 0 spiro atoms. The predicted molar refractivity (Wildman–Crippen MR) is 110 cm³/mol. The highest BCUT2D eigenvalue weighted by molar-refractivity contribution is 7.89. The van der Waals surface area contributed by atoms with Crippen LogP contribution in [0, 0.1) is 10.1 Å². The molecule has 0 bridgehead atoms. The topological polar surface area (TPSA) is 119 Å². The standard InChI is InChI=1S/C20H23N3O6S/c1-29-18-9-8-17(23(25)26)13-19(18)30(27,28)21-14-15-6-5-7-16(12-15)20(24)22-10-3-2-4-11-22/h5-9,12-13,21H,2-4,10-11,14H2,1H3. The van der Waals surface area contributed by atoms with E-state index in [9.17, 15) is 23.3 Å². The predicted octanol–water partition coefficient (Wildman–Crippen LogP) is 2.71. The minimum atomic E-state index is -4.09. The van der Waals surface area contributed by atoms with Gasteiger partial charge in [0.25, 0.3) is 11.6 Å². The van der Waals surface area contributed by atoms with E-state index in [4.69, 9.17) is 4.74 Å². The fourth-order valence-electron chi connectivity index (χ4n) is 3.34. The van der Waals surface area contributed by atoms with Gasteiger partial charge in [0, 0.05) is 37.3 Å². The van der Waals surface area contributed by atoms with Gasteiger partial charge in [-0.1, -0.05) is 12.1 Å². The summed E-state index contributed by atoms with van der Waals surface area (Å²) in [5.74, 6) is -0.0677. The zero-order chi connectivity index (χ0) is 21.7. The van der Waals surface area contributed by atoms with Gasteiger partial charge < -0.3 is 9.64 Å². The van der Waals surface area contributed by atoms with Crippen molar-refractivity contribution in [3.8, 4) is 5.75 Å². The number of rotatable bonds is 7. The summed E-state index contributed by atoms with van der Waals surface area (Å²) in [6.45, 7) is 1.37. The molecular weight excluding hydrogens is 410 g/mol. The average Bonchev–Trinajstić information content (AvgIpc) is 2.77. The summed E-state index contributed by atoms with van der Waals surface area (Å²) in [6.07, 6.45) is 3.08. The van der Waals surface area contributed by atoms with Gasteiger partial charge in [-0.15, -0.1) is 0 Å². The van der Waals surface area contributed by atoms with Crippen molar-refractivity contribution in [2.45, 2.75) is 30.7 Å². The second-order valence-corrected chi connectivity index (χ2v) is 8.71. The van der Waals surface area contributed by atoms with E-state index in [1.54, 1.807) is 29.2 Å². The number of nitro groups is 1. The number of likely N-dealkylation sites (tertiary alicyclic amines) is 1. The monoisotopic (exact) mass is 433 g/mol. The van der Waals surface area contributed by atoms with Gasteiger partial charge in [0.1, 0.15) is 10.6 Å². The lowest BCUT2D eigenvalue weighted by Crippen LogP contribution is -2.35. The number of non-ortho nitro benzene ring substituents is 1. The van der Waals surface area contributed by atoms with E-state index in [0.717, 1.165) is 38.4 Å². The van der Waals surface area contributed by atoms with Crippen molar-refractivity contribution in [2.24, 2.45) is 0 Å². The van der Waals surface area contributed by atoms with Crippen LogP contribution in [0.25, 0.3) is 0 Å². The third-order valence-corrected chi connectivity index (χ3v) is 6.35. The fourth-order valence-corrected chi connectivity index (χ4v) is 4.54. The zero-order valence-electron chi connectivity index (χ0n) is 16.5. The molecule has 0 atom stereocenters. The number of hydrogen-bond donors (Lipinski definition) is 1. The molecule has 2 aromatic carbocycles. The van der Waals surface area contributed by atoms with E-state index in [-0.39, 0.29) is 28.8 Å². The molecule has 0 unspecified atom stereocenters. The number of sulfonamides is 1. The minimum Gasteiger partial charge on any atom is -0.495 e. The first-order chi connectivity index (χ1) is 14.3. The van der Waals surface area contributed by atoms with Crippen LogP contribution in [0.1, 0.15) is 35.2 Å². The number of carbonyl (C=O) groups is 1. The second kappa shape index (κ2) is 9.23. The second-order valence-electron chi connectivity index (χ2n) is 6.97. The van der Waals surface area contributed by atoms with Crippen molar-refractivity contribution < 1.29 is 22.9 Å². The molecule has 1 N–H and O–H groups in total. The minimum absolute atomic E-state index is 0.00197. The Morgan fingerprint density at radius 3 is 2.57 bits per heavy atom. The Morgan fingerprint density at radius 1 is 1.17 bits per heavy atom. The number of piperidine rings is 1. The molecule has 160 valence electrons. The van der Waals surface area contributed by atoms with Gasteiger partial charge in [-0.25, -0.2) is 13.1 Å². The van der Waals surface area contributed by atoms with Gasteiger partial charge in [0.15, 0.2) is 0 Å². The smallest absolute Gasteiger partial charge is 0.271 e. The van der Waals surface area contributed by atoms with Gasteiger partial charge in [-0.2, -0.15) is 0 Å².